The molecule has 0 spiro atoms. The predicted molar refractivity (Wildman–Crippen MR) is 112 cm³/mol. The Morgan fingerprint density at radius 2 is 1.93 bits per heavy atom. The number of rotatable bonds is 5. The van der Waals surface area contributed by atoms with Crippen LogP contribution in [0.2, 0.25) is 5.02 Å². The number of hydrogen-bond acceptors (Lipinski definition) is 5. The van der Waals surface area contributed by atoms with Crippen molar-refractivity contribution >= 4 is 40.5 Å². The molecule has 3 aromatic rings. The Labute approximate surface area is 172 Å². The van der Waals surface area contributed by atoms with Crippen LogP contribution in [0.1, 0.15) is 16.1 Å². The lowest BCUT2D eigenvalue weighted by Gasteiger charge is -2.12. The van der Waals surface area contributed by atoms with Crippen molar-refractivity contribution < 1.29 is 19.1 Å². The number of aliphatic hydroxyl groups excluding tert-OH is 1. The van der Waals surface area contributed by atoms with E-state index in [1.54, 1.807) is 61.7 Å². The van der Waals surface area contributed by atoms with Gasteiger partial charge in [-0.3, -0.25) is 10.1 Å². The van der Waals surface area contributed by atoms with Crippen LogP contribution in [0.4, 0.5) is 5.69 Å². The van der Waals surface area contributed by atoms with Gasteiger partial charge < -0.3 is 19.6 Å². The number of nitrogens with one attached hydrogen (secondary N) is 2. The van der Waals surface area contributed by atoms with Crippen molar-refractivity contribution in [2.75, 3.05) is 12.4 Å². The minimum Gasteiger partial charge on any atom is -0.497 e. The lowest BCUT2D eigenvalue weighted by Crippen LogP contribution is -2.34. The average Bonchev–Trinajstić information content (AvgIpc) is 3.19. The Balaban J connectivity index is 1.70. The molecule has 0 aliphatic carbocycles. The Hall–Kier alpha value is -2.87. The van der Waals surface area contributed by atoms with Gasteiger partial charge in [-0.05, 0) is 66.8 Å². The first kappa shape index (κ1) is 19.9. The van der Waals surface area contributed by atoms with Crippen molar-refractivity contribution in [2.45, 2.75) is 6.61 Å². The van der Waals surface area contributed by atoms with E-state index in [2.05, 4.69) is 10.6 Å². The molecule has 0 saturated carbocycles. The predicted octanol–water partition coefficient (Wildman–Crippen LogP) is 4.23. The molecule has 1 heterocycles. The van der Waals surface area contributed by atoms with Gasteiger partial charge in [-0.1, -0.05) is 11.6 Å². The van der Waals surface area contributed by atoms with Crippen molar-refractivity contribution in [3.63, 3.8) is 0 Å². The van der Waals surface area contributed by atoms with E-state index < -0.39 is 0 Å². The van der Waals surface area contributed by atoms with E-state index in [0.717, 1.165) is 5.56 Å². The van der Waals surface area contributed by atoms with Gasteiger partial charge in [-0.2, -0.15) is 0 Å². The van der Waals surface area contributed by atoms with E-state index in [9.17, 15) is 4.79 Å². The second-order valence-electron chi connectivity index (χ2n) is 5.76. The lowest BCUT2D eigenvalue weighted by molar-refractivity contribution is 0.0977. The number of halogens is 1. The molecule has 0 aliphatic rings. The number of amides is 1. The van der Waals surface area contributed by atoms with Crippen LogP contribution in [0, 0.1) is 0 Å². The Kier molecular flexibility index (Phi) is 6.30. The second-order valence-corrected chi connectivity index (χ2v) is 6.57. The van der Waals surface area contributed by atoms with Gasteiger partial charge in [0.2, 0.25) is 0 Å². The molecule has 0 bridgehead atoms. The van der Waals surface area contributed by atoms with Crippen LogP contribution < -0.4 is 15.4 Å². The van der Waals surface area contributed by atoms with E-state index >= 15 is 0 Å². The molecule has 0 saturated heterocycles. The molecule has 3 rings (SSSR count). The maximum atomic E-state index is 12.3. The molecular weight excluding hydrogens is 400 g/mol. The highest BCUT2D eigenvalue weighted by molar-refractivity contribution is 7.80. The number of aliphatic hydroxyl groups is 1. The Morgan fingerprint density at radius 3 is 2.57 bits per heavy atom. The summed E-state index contributed by atoms with van der Waals surface area (Å²) in [6.45, 7) is -0.180. The molecular formula is C20H17ClN2O4S. The highest BCUT2D eigenvalue weighted by atomic mass is 35.5. The number of furan rings is 1. The molecule has 8 heteroatoms. The SMILES string of the molecule is COc1ccc(C(=O)NC(=S)Nc2cc(-c3ccc(CO)o3)ccc2Cl)cc1. The fourth-order valence-electron chi connectivity index (χ4n) is 2.46. The molecule has 0 radical (unpaired) electrons. The topological polar surface area (TPSA) is 83.7 Å². The van der Waals surface area contributed by atoms with Gasteiger partial charge in [-0.25, -0.2) is 0 Å². The number of carbonyl (C=O) groups is 1. The number of hydrogen-bond donors (Lipinski definition) is 3. The van der Waals surface area contributed by atoms with E-state index in [4.69, 9.17) is 38.1 Å². The van der Waals surface area contributed by atoms with Crippen LogP contribution in [0.3, 0.4) is 0 Å². The van der Waals surface area contributed by atoms with Crippen molar-refractivity contribution in [2.24, 2.45) is 0 Å². The van der Waals surface area contributed by atoms with Crippen LogP contribution in [-0.2, 0) is 6.61 Å². The molecule has 1 amide bonds. The van der Waals surface area contributed by atoms with Gasteiger partial charge in [0.25, 0.3) is 5.91 Å². The molecule has 2 aromatic carbocycles. The first-order chi connectivity index (χ1) is 13.5. The lowest BCUT2D eigenvalue weighted by atomic mass is 10.1. The minimum absolute atomic E-state index is 0.107. The van der Waals surface area contributed by atoms with Crippen molar-refractivity contribution in [1.29, 1.82) is 0 Å². The Morgan fingerprint density at radius 1 is 1.18 bits per heavy atom. The summed E-state index contributed by atoms with van der Waals surface area (Å²) in [5.74, 6) is 1.34. The fraction of sp³-hybridized carbons (Fsp3) is 0.100. The molecule has 0 unspecified atom stereocenters. The van der Waals surface area contributed by atoms with Crippen LogP contribution in [-0.4, -0.2) is 23.2 Å². The summed E-state index contributed by atoms with van der Waals surface area (Å²) in [6, 6.07) is 15.3. The third-order valence-electron chi connectivity index (χ3n) is 3.90. The van der Waals surface area contributed by atoms with Crippen LogP contribution in [0.5, 0.6) is 5.75 Å². The molecule has 6 nitrogen and oxygen atoms in total. The maximum absolute atomic E-state index is 12.3. The second kappa shape index (κ2) is 8.88. The number of anilines is 1. The fourth-order valence-corrected chi connectivity index (χ4v) is 2.83. The van der Waals surface area contributed by atoms with E-state index in [1.165, 1.54) is 0 Å². The van der Waals surface area contributed by atoms with Crippen molar-refractivity contribution in [3.8, 4) is 17.1 Å². The van der Waals surface area contributed by atoms with Crippen molar-refractivity contribution in [3.05, 3.63) is 70.9 Å². The number of carbonyl (C=O) groups excluding carboxylic acids is 1. The smallest absolute Gasteiger partial charge is 0.257 e. The number of benzene rings is 2. The summed E-state index contributed by atoms with van der Waals surface area (Å²) in [7, 11) is 1.55. The standard InChI is InChI=1S/C20H17ClN2O4S/c1-26-14-5-2-12(3-6-14)19(25)23-20(28)22-17-10-13(4-8-16(17)21)18-9-7-15(11-24)27-18/h2-10,24H,11H2,1H3,(H2,22,23,25,28). The largest absolute Gasteiger partial charge is 0.497 e. The molecule has 28 heavy (non-hydrogen) atoms. The summed E-state index contributed by atoms with van der Waals surface area (Å²) < 4.78 is 10.6. The molecule has 144 valence electrons. The highest BCUT2D eigenvalue weighted by Crippen LogP contribution is 2.30. The minimum atomic E-state index is -0.356. The normalized spacial score (nSPS) is 10.4. The summed E-state index contributed by atoms with van der Waals surface area (Å²) in [5, 5.41) is 15.2. The maximum Gasteiger partial charge on any atom is 0.257 e. The van der Waals surface area contributed by atoms with Gasteiger partial charge in [0.15, 0.2) is 5.11 Å². The van der Waals surface area contributed by atoms with Crippen LogP contribution in [0.25, 0.3) is 11.3 Å². The highest BCUT2D eigenvalue weighted by Gasteiger charge is 2.12. The quantitative estimate of drug-likeness (QED) is 0.540. The summed E-state index contributed by atoms with van der Waals surface area (Å²) in [4.78, 5) is 12.3. The number of thiocarbonyl (C=S) groups is 1. The summed E-state index contributed by atoms with van der Waals surface area (Å²) in [6.07, 6.45) is 0. The third-order valence-corrected chi connectivity index (χ3v) is 4.43. The van der Waals surface area contributed by atoms with Crippen LogP contribution >= 0.6 is 23.8 Å². The van der Waals surface area contributed by atoms with Crippen LogP contribution in [0.15, 0.2) is 59.0 Å². The zero-order valence-electron chi connectivity index (χ0n) is 14.9. The zero-order valence-corrected chi connectivity index (χ0v) is 16.4. The number of ether oxygens (including phenoxy) is 1. The molecule has 0 aliphatic heterocycles. The zero-order chi connectivity index (χ0) is 20.1. The van der Waals surface area contributed by atoms with E-state index in [-0.39, 0.29) is 17.6 Å². The molecule has 0 fully saturated rings. The average molecular weight is 417 g/mol. The summed E-state index contributed by atoms with van der Waals surface area (Å²) in [5.41, 5.74) is 1.70. The third kappa shape index (κ3) is 4.69. The molecule has 0 atom stereocenters. The van der Waals surface area contributed by atoms with E-state index in [0.29, 0.717) is 33.5 Å². The molecule has 3 N–H and O–H groups in total. The van der Waals surface area contributed by atoms with Gasteiger partial charge in [-0.15, -0.1) is 0 Å². The number of methoxy groups -OCH3 is 1. The van der Waals surface area contributed by atoms with E-state index in [1.807, 2.05) is 0 Å². The first-order valence-corrected chi connectivity index (χ1v) is 9.04. The van der Waals surface area contributed by atoms with Gasteiger partial charge in [0.1, 0.15) is 23.9 Å². The van der Waals surface area contributed by atoms with Gasteiger partial charge in [0.05, 0.1) is 17.8 Å². The van der Waals surface area contributed by atoms with Gasteiger partial charge in [0, 0.05) is 11.1 Å². The van der Waals surface area contributed by atoms with Crippen molar-refractivity contribution in [1.82, 2.24) is 5.32 Å². The molecule has 1 aromatic heterocycles. The first-order valence-electron chi connectivity index (χ1n) is 8.26. The monoisotopic (exact) mass is 416 g/mol. The van der Waals surface area contributed by atoms with Gasteiger partial charge >= 0.3 is 0 Å². The Bertz CT molecular complexity index is 1000. The summed E-state index contributed by atoms with van der Waals surface area (Å²) >= 11 is 11.4.